The fourth-order valence-corrected chi connectivity index (χ4v) is 1.84. The zero-order chi connectivity index (χ0) is 12.4. The second-order valence-electron chi connectivity index (χ2n) is 4.20. The number of phenols is 1. The van der Waals surface area contributed by atoms with Gasteiger partial charge in [0.25, 0.3) is 5.91 Å². The highest BCUT2D eigenvalue weighted by Crippen LogP contribution is 2.12. The number of hydrogen-bond donors (Lipinski definition) is 2. The Bertz CT molecular complexity index is 442. The number of phenolic OH excluding ortho intramolecular Hbond substituents is 1. The highest BCUT2D eigenvalue weighted by Gasteiger charge is 2.27. The number of carbonyl (C=O) groups is 2. The number of likely N-dealkylation sites (tertiary alicyclic amines) is 1. The Balaban J connectivity index is 1.98. The number of carbonyl (C=O) groups excluding carboxylic acids is 2. The number of benzene rings is 1. The largest absolute Gasteiger partial charge is 0.508 e. The molecule has 0 bridgehead atoms. The SMILES string of the molecule is CN1CC(NC(=O)c2ccc(O)cc2)CC1=O. The van der Waals surface area contributed by atoms with Crippen molar-refractivity contribution in [3.05, 3.63) is 29.8 Å². The normalized spacial score (nSPS) is 19.5. The summed E-state index contributed by atoms with van der Waals surface area (Å²) >= 11 is 0. The van der Waals surface area contributed by atoms with Gasteiger partial charge in [-0.15, -0.1) is 0 Å². The lowest BCUT2D eigenvalue weighted by Gasteiger charge is -2.12. The average molecular weight is 234 g/mol. The summed E-state index contributed by atoms with van der Waals surface area (Å²) < 4.78 is 0. The van der Waals surface area contributed by atoms with Crippen LogP contribution in [0, 0.1) is 0 Å². The molecule has 0 aromatic heterocycles. The molecule has 2 N–H and O–H groups in total. The summed E-state index contributed by atoms with van der Waals surface area (Å²) in [6.07, 6.45) is 0.348. The Labute approximate surface area is 99.0 Å². The van der Waals surface area contributed by atoms with Crippen LogP contribution in [0.4, 0.5) is 0 Å². The molecule has 1 saturated heterocycles. The molecule has 5 nitrogen and oxygen atoms in total. The number of amides is 2. The van der Waals surface area contributed by atoms with Crippen LogP contribution in [0.2, 0.25) is 0 Å². The Morgan fingerprint density at radius 1 is 1.41 bits per heavy atom. The molecule has 0 aliphatic carbocycles. The molecular formula is C12H14N2O3. The van der Waals surface area contributed by atoms with E-state index in [2.05, 4.69) is 5.32 Å². The number of hydrogen-bond acceptors (Lipinski definition) is 3. The first-order chi connectivity index (χ1) is 8.06. The minimum Gasteiger partial charge on any atom is -0.508 e. The summed E-state index contributed by atoms with van der Waals surface area (Å²) in [7, 11) is 1.72. The summed E-state index contributed by atoms with van der Waals surface area (Å²) in [6, 6.07) is 5.88. The molecular weight excluding hydrogens is 220 g/mol. The first-order valence-electron chi connectivity index (χ1n) is 5.40. The summed E-state index contributed by atoms with van der Waals surface area (Å²) in [5, 5.41) is 11.9. The third-order valence-electron chi connectivity index (χ3n) is 2.81. The van der Waals surface area contributed by atoms with E-state index in [9.17, 15) is 9.59 Å². The van der Waals surface area contributed by atoms with Gasteiger partial charge in [0.05, 0.1) is 6.04 Å². The molecule has 1 fully saturated rings. The van der Waals surface area contributed by atoms with E-state index >= 15 is 0 Å². The fraction of sp³-hybridized carbons (Fsp3) is 0.333. The van der Waals surface area contributed by atoms with E-state index in [1.807, 2.05) is 0 Å². The van der Waals surface area contributed by atoms with Crippen LogP contribution in [0.15, 0.2) is 24.3 Å². The monoisotopic (exact) mass is 234 g/mol. The summed E-state index contributed by atoms with van der Waals surface area (Å²) in [5.74, 6) is -0.0589. The Morgan fingerprint density at radius 3 is 2.59 bits per heavy atom. The highest BCUT2D eigenvalue weighted by molar-refractivity contribution is 5.95. The highest BCUT2D eigenvalue weighted by atomic mass is 16.3. The van der Waals surface area contributed by atoms with Crippen LogP contribution in [-0.4, -0.2) is 41.5 Å². The fourth-order valence-electron chi connectivity index (χ4n) is 1.84. The summed E-state index contributed by atoms with van der Waals surface area (Å²) in [4.78, 5) is 24.7. The van der Waals surface area contributed by atoms with Crippen molar-refractivity contribution in [2.45, 2.75) is 12.5 Å². The number of likely N-dealkylation sites (N-methyl/N-ethyl adjacent to an activating group) is 1. The Hall–Kier alpha value is -2.04. The predicted octanol–water partition coefficient (Wildman–Crippen LogP) is 0.353. The summed E-state index contributed by atoms with van der Waals surface area (Å²) in [6.45, 7) is 0.544. The number of nitrogens with one attached hydrogen (secondary N) is 1. The van der Waals surface area contributed by atoms with Crippen molar-refractivity contribution in [1.29, 1.82) is 0 Å². The van der Waals surface area contributed by atoms with Crippen molar-refractivity contribution in [2.24, 2.45) is 0 Å². The minimum absolute atomic E-state index is 0.0426. The van der Waals surface area contributed by atoms with Gasteiger partial charge in [-0.2, -0.15) is 0 Å². The zero-order valence-electron chi connectivity index (χ0n) is 9.51. The van der Waals surface area contributed by atoms with E-state index in [0.29, 0.717) is 18.5 Å². The van der Waals surface area contributed by atoms with E-state index in [4.69, 9.17) is 5.11 Å². The van der Waals surface area contributed by atoms with Crippen molar-refractivity contribution in [3.8, 4) is 5.75 Å². The first kappa shape index (κ1) is 11.4. The molecule has 1 aromatic carbocycles. The summed E-state index contributed by atoms with van der Waals surface area (Å²) in [5.41, 5.74) is 0.477. The van der Waals surface area contributed by atoms with Crippen LogP contribution in [0.25, 0.3) is 0 Å². The quantitative estimate of drug-likeness (QED) is 0.776. The molecule has 0 radical (unpaired) electrons. The molecule has 1 aliphatic heterocycles. The van der Waals surface area contributed by atoms with E-state index in [1.54, 1.807) is 24.1 Å². The lowest BCUT2D eigenvalue weighted by Crippen LogP contribution is -2.36. The maximum absolute atomic E-state index is 11.8. The Kier molecular flexibility index (Phi) is 2.99. The van der Waals surface area contributed by atoms with Crippen LogP contribution in [0.5, 0.6) is 5.75 Å². The van der Waals surface area contributed by atoms with Crippen LogP contribution >= 0.6 is 0 Å². The van der Waals surface area contributed by atoms with Gasteiger partial charge >= 0.3 is 0 Å². The van der Waals surface area contributed by atoms with Gasteiger partial charge in [-0.25, -0.2) is 0 Å². The maximum Gasteiger partial charge on any atom is 0.251 e. The Morgan fingerprint density at radius 2 is 2.06 bits per heavy atom. The standard InChI is InChI=1S/C12H14N2O3/c1-14-7-9(6-11(14)16)13-12(17)8-2-4-10(15)5-3-8/h2-5,9,15H,6-7H2,1H3,(H,13,17). The average Bonchev–Trinajstić information content (AvgIpc) is 2.58. The molecule has 17 heavy (non-hydrogen) atoms. The second kappa shape index (κ2) is 4.45. The molecule has 0 spiro atoms. The molecule has 1 atom stereocenters. The molecule has 1 aliphatic rings. The van der Waals surface area contributed by atoms with Crippen LogP contribution in [-0.2, 0) is 4.79 Å². The van der Waals surface area contributed by atoms with Gasteiger partial charge in [0, 0.05) is 25.6 Å². The second-order valence-corrected chi connectivity index (χ2v) is 4.20. The van der Waals surface area contributed by atoms with Gasteiger partial charge < -0.3 is 15.3 Å². The third kappa shape index (κ3) is 2.55. The van der Waals surface area contributed by atoms with Crippen LogP contribution < -0.4 is 5.32 Å². The smallest absolute Gasteiger partial charge is 0.251 e. The molecule has 2 rings (SSSR count). The third-order valence-corrected chi connectivity index (χ3v) is 2.81. The number of rotatable bonds is 2. The van der Waals surface area contributed by atoms with Crippen molar-refractivity contribution in [2.75, 3.05) is 13.6 Å². The molecule has 1 unspecified atom stereocenters. The molecule has 1 aromatic rings. The predicted molar refractivity (Wildman–Crippen MR) is 61.6 cm³/mol. The van der Waals surface area contributed by atoms with Gasteiger partial charge in [0.15, 0.2) is 0 Å². The minimum atomic E-state index is -0.224. The first-order valence-corrected chi connectivity index (χ1v) is 5.40. The molecule has 2 amide bonds. The van der Waals surface area contributed by atoms with E-state index in [-0.39, 0.29) is 23.6 Å². The molecule has 5 heteroatoms. The van der Waals surface area contributed by atoms with Gasteiger partial charge in [0.1, 0.15) is 5.75 Å². The molecule has 90 valence electrons. The van der Waals surface area contributed by atoms with Gasteiger partial charge in [-0.3, -0.25) is 9.59 Å². The van der Waals surface area contributed by atoms with Gasteiger partial charge in [-0.05, 0) is 24.3 Å². The lowest BCUT2D eigenvalue weighted by atomic mass is 10.2. The zero-order valence-corrected chi connectivity index (χ0v) is 9.51. The van der Waals surface area contributed by atoms with Crippen molar-refractivity contribution in [3.63, 3.8) is 0 Å². The van der Waals surface area contributed by atoms with E-state index < -0.39 is 0 Å². The van der Waals surface area contributed by atoms with Crippen LogP contribution in [0.1, 0.15) is 16.8 Å². The topological polar surface area (TPSA) is 69.6 Å². The van der Waals surface area contributed by atoms with Gasteiger partial charge in [0.2, 0.25) is 5.91 Å². The van der Waals surface area contributed by atoms with E-state index in [1.165, 1.54) is 12.1 Å². The van der Waals surface area contributed by atoms with E-state index in [0.717, 1.165) is 0 Å². The van der Waals surface area contributed by atoms with Crippen molar-refractivity contribution < 1.29 is 14.7 Å². The molecule has 0 saturated carbocycles. The van der Waals surface area contributed by atoms with Crippen molar-refractivity contribution in [1.82, 2.24) is 10.2 Å². The van der Waals surface area contributed by atoms with Crippen LogP contribution in [0.3, 0.4) is 0 Å². The maximum atomic E-state index is 11.8. The molecule has 1 heterocycles. The lowest BCUT2D eigenvalue weighted by molar-refractivity contribution is -0.126. The number of nitrogens with zero attached hydrogens (tertiary/aromatic N) is 1. The van der Waals surface area contributed by atoms with Gasteiger partial charge in [-0.1, -0.05) is 0 Å². The van der Waals surface area contributed by atoms with Crippen molar-refractivity contribution >= 4 is 11.8 Å². The number of aromatic hydroxyl groups is 1.